The fourth-order valence-corrected chi connectivity index (χ4v) is 0.457. The Morgan fingerprint density at radius 3 is 2.50 bits per heavy atom. The van der Waals surface area contributed by atoms with Gasteiger partial charge in [-0.25, -0.2) is 0 Å². The van der Waals surface area contributed by atoms with Crippen molar-refractivity contribution in [3.8, 4) is 0 Å². The SMILES string of the molecule is C=C/C=C\C(P)=C\P. The van der Waals surface area contributed by atoms with Gasteiger partial charge in [0.1, 0.15) is 0 Å². The van der Waals surface area contributed by atoms with Gasteiger partial charge in [-0.2, -0.15) is 0 Å². The summed E-state index contributed by atoms with van der Waals surface area (Å²) in [6, 6.07) is 0. The van der Waals surface area contributed by atoms with E-state index in [0.29, 0.717) is 0 Å². The minimum Gasteiger partial charge on any atom is -0.113 e. The van der Waals surface area contributed by atoms with Crippen LogP contribution >= 0.6 is 18.5 Å². The molecule has 0 saturated carbocycles. The molecule has 0 bridgehead atoms. The second kappa shape index (κ2) is 5.22. The van der Waals surface area contributed by atoms with Crippen LogP contribution in [0.15, 0.2) is 35.9 Å². The Labute approximate surface area is 55.2 Å². The van der Waals surface area contributed by atoms with Crippen molar-refractivity contribution in [2.45, 2.75) is 0 Å². The zero-order chi connectivity index (χ0) is 6.41. The molecule has 2 unspecified atom stereocenters. The van der Waals surface area contributed by atoms with E-state index < -0.39 is 0 Å². The zero-order valence-electron chi connectivity index (χ0n) is 4.67. The second-order valence-corrected chi connectivity index (χ2v) is 2.26. The molecule has 0 spiro atoms. The third-order valence-electron chi connectivity index (χ3n) is 0.617. The van der Waals surface area contributed by atoms with Crippen molar-refractivity contribution in [2.75, 3.05) is 0 Å². The van der Waals surface area contributed by atoms with Crippen LogP contribution in [0.25, 0.3) is 0 Å². The standard InChI is InChI=1S/C6H10P2/c1-2-3-4-6(8)5-7/h2-5H,1,7-8H2/b4-3-,6-5-. The Balaban J connectivity index is 3.69. The van der Waals surface area contributed by atoms with Gasteiger partial charge >= 0.3 is 0 Å². The van der Waals surface area contributed by atoms with Crippen molar-refractivity contribution in [3.63, 3.8) is 0 Å². The van der Waals surface area contributed by atoms with Crippen molar-refractivity contribution in [1.29, 1.82) is 0 Å². The third kappa shape index (κ3) is 4.24. The lowest BCUT2D eigenvalue weighted by Gasteiger charge is -1.82. The van der Waals surface area contributed by atoms with E-state index in [1.165, 1.54) is 0 Å². The van der Waals surface area contributed by atoms with E-state index in [-0.39, 0.29) is 0 Å². The van der Waals surface area contributed by atoms with E-state index in [9.17, 15) is 0 Å². The minimum atomic E-state index is 1.15. The molecule has 0 aliphatic heterocycles. The second-order valence-electron chi connectivity index (χ2n) is 1.26. The summed E-state index contributed by atoms with van der Waals surface area (Å²) >= 11 is 0. The molecule has 0 aromatic rings. The highest BCUT2D eigenvalue weighted by atomic mass is 31.0. The first-order chi connectivity index (χ1) is 3.81. The summed E-state index contributed by atoms with van der Waals surface area (Å²) in [5.74, 6) is 1.94. The van der Waals surface area contributed by atoms with Gasteiger partial charge in [-0.1, -0.05) is 30.6 Å². The summed E-state index contributed by atoms with van der Waals surface area (Å²) in [5, 5.41) is 1.15. The lowest BCUT2D eigenvalue weighted by atomic mass is 10.5. The molecule has 8 heavy (non-hydrogen) atoms. The van der Waals surface area contributed by atoms with E-state index in [4.69, 9.17) is 0 Å². The van der Waals surface area contributed by atoms with Crippen LogP contribution in [0.3, 0.4) is 0 Å². The lowest BCUT2D eigenvalue weighted by molar-refractivity contribution is 1.92. The number of rotatable bonds is 2. The molecule has 44 valence electrons. The highest BCUT2D eigenvalue weighted by Crippen LogP contribution is 2.08. The van der Waals surface area contributed by atoms with E-state index >= 15 is 0 Å². The molecule has 0 aromatic carbocycles. The zero-order valence-corrected chi connectivity index (χ0v) is 6.98. The quantitative estimate of drug-likeness (QED) is 0.412. The van der Waals surface area contributed by atoms with Crippen LogP contribution < -0.4 is 0 Å². The van der Waals surface area contributed by atoms with Crippen molar-refractivity contribution in [2.24, 2.45) is 0 Å². The first kappa shape index (κ1) is 8.08. The van der Waals surface area contributed by atoms with Crippen LogP contribution in [0.5, 0.6) is 0 Å². The minimum absolute atomic E-state index is 1.15. The van der Waals surface area contributed by atoms with Crippen LogP contribution in [0.2, 0.25) is 0 Å². The number of allylic oxidation sites excluding steroid dienone is 4. The molecule has 0 rings (SSSR count). The Hall–Kier alpha value is 0.0800. The van der Waals surface area contributed by atoms with Crippen molar-refractivity contribution in [3.05, 3.63) is 35.9 Å². The monoisotopic (exact) mass is 144 g/mol. The third-order valence-corrected chi connectivity index (χ3v) is 1.77. The van der Waals surface area contributed by atoms with Crippen molar-refractivity contribution < 1.29 is 0 Å². The fourth-order valence-electron chi connectivity index (χ4n) is 0.235. The lowest BCUT2D eigenvalue weighted by Crippen LogP contribution is -1.52. The molecular weight excluding hydrogens is 134 g/mol. The molecule has 0 nitrogen and oxygen atoms in total. The first-order valence-corrected chi connectivity index (χ1v) is 3.52. The van der Waals surface area contributed by atoms with Crippen LogP contribution in [-0.4, -0.2) is 0 Å². The smallest absolute Gasteiger partial charge is 0.0303 e. The van der Waals surface area contributed by atoms with E-state index in [1.54, 1.807) is 6.08 Å². The predicted molar refractivity (Wildman–Crippen MR) is 46.8 cm³/mol. The maximum absolute atomic E-state index is 3.54. The Morgan fingerprint density at radius 1 is 1.50 bits per heavy atom. The molecule has 0 aliphatic carbocycles. The molecule has 0 N–H and O–H groups in total. The van der Waals surface area contributed by atoms with Crippen LogP contribution in [0, 0.1) is 0 Å². The molecular formula is C6H10P2. The Morgan fingerprint density at radius 2 is 2.12 bits per heavy atom. The average molecular weight is 144 g/mol. The maximum atomic E-state index is 3.54. The van der Waals surface area contributed by atoms with Gasteiger partial charge in [-0.3, -0.25) is 0 Å². The Kier molecular flexibility index (Phi) is 5.27. The number of hydrogen-bond donors (Lipinski definition) is 0. The van der Waals surface area contributed by atoms with E-state index in [0.717, 1.165) is 5.31 Å². The van der Waals surface area contributed by atoms with Crippen LogP contribution in [0.4, 0.5) is 0 Å². The normalized spacial score (nSPS) is 12.5. The average Bonchev–Trinajstić information content (AvgIpc) is 1.83. The summed E-state index contributed by atoms with van der Waals surface area (Å²) < 4.78 is 0. The molecule has 0 aliphatic rings. The summed E-state index contributed by atoms with van der Waals surface area (Å²) in [6.07, 6.45) is 5.60. The highest BCUT2D eigenvalue weighted by Gasteiger charge is 1.71. The summed E-state index contributed by atoms with van der Waals surface area (Å²) in [7, 11) is 5.11. The van der Waals surface area contributed by atoms with Crippen LogP contribution in [-0.2, 0) is 0 Å². The maximum Gasteiger partial charge on any atom is -0.0303 e. The molecule has 0 heterocycles. The van der Waals surface area contributed by atoms with Gasteiger partial charge < -0.3 is 0 Å². The van der Waals surface area contributed by atoms with Gasteiger partial charge in [0, 0.05) is 0 Å². The molecule has 0 saturated heterocycles. The van der Waals surface area contributed by atoms with Gasteiger partial charge in [0.2, 0.25) is 0 Å². The predicted octanol–water partition coefficient (Wildman–Crippen LogP) is 2.32. The first-order valence-electron chi connectivity index (χ1n) is 2.27. The molecule has 2 heteroatoms. The largest absolute Gasteiger partial charge is 0.113 e. The molecule has 0 fully saturated rings. The Bertz CT molecular complexity index is 122. The summed E-state index contributed by atoms with van der Waals surface area (Å²) in [4.78, 5) is 0. The van der Waals surface area contributed by atoms with Crippen molar-refractivity contribution in [1.82, 2.24) is 0 Å². The van der Waals surface area contributed by atoms with Crippen LogP contribution in [0.1, 0.15) is 0 Å². The molecule has 0 aromatic heterocycles. The highest BCUT2D eigenvalue weighted by molar-refractivity contribution is 7.27. The van der Waals surface area contributed by atoms with Gasteiger partial charge in [-0.15, -0.1) is 18.5 Å². The van der Waals surface area contributed by atoms with Gasteiger partial charge in [0.05, 0.1) is 0 Å². The van der Waals surface area contributed by atoms with Crippen molar-refractivity contribution >= 4 is 18.5 Å². The number of hydrogen-bond acceptors (Lipinski definition) is 0. The summed E-state index contributed by atoms with van der Waals surface area (Å²) in [5.41, 5.74) is 0. The molecule has 2 atom stereocenters. The summed E-state index contributed by atoms with van der Waals surface area (Å²) in [6.45, 7) is 3.54. The van der Waals surface area contributed by atoms with E-state index in [1.807, 2.05) is 18.0 Å². The van der Waals surface area contributed by atoms with Gasteiger partial charge in [0.25, 0.3) is 0 Å². The topological polar surface area (TPSA) is 0 Å². The van der Waals surface area contributed by atoms with E-state index in [2.05, 4.69) is 25.1 Å². The molecule has 0 radical (unpaired) electrons. The fraction of sp³-hybridized carbons (Fsp3) is 0. The molecule has 0 amide bonds. The van der Waals surface area contributed by atoms with Gasteiger partial charge in [-0.05, 0) is 5.31 Å². The van der Waals surface area contributed by atoms with Gasteiger partial charge in [0.15, 0.2) is 0 Å².